The fraction of sp³-hybridized carbons (Fsp3) is 0.381. The fourth-order valence-electron chi connectivity index (χ4n) is 3.16. The van der Waals surface area contributed by atoms with Crippen LogP contribution >= 0.6 is 0 Å². The van der Waals surface area contributed by atoms with Gasteiger partial charge in [0.1, 0.15) is 12.4 Å². The molecular formula is C21H28N4O2. The number of para-hydroxylation sites is 1. The highest BCUT2D eigenvalue weighted by atomic mass is 16.5. The molecule has 2 aromatic rings. The Hall–Kier alpha value is -2.57. The zero-order chi connectivity index (χ0) is 18.9. The van der Waals surface area contributed by atoms with E-state index in [1.54, 1.807) is 0 Å². The third-order valence-corrected chi connectivity index (χ3v) is 4.67. The highest BCUT2D eigenvalue weighted by Gasteiger charge is 2.17. The van der Waals surface area contributed by atoms with Gasteiger partial charge in [0.25, 0.3) is 0 Å². The minimum Gasteiger partial charge on any atom is -0.492 e. The number of carbonyl (C=O) groups excluding carboxylic acids is 1. The average Bonchev–Trinajstić information content (AvgIpc) is 2.73. The van der Waals surface area contributed by atoms with Crippen LogP contribution in [0.15, 0.2) is 54.6 Å². The number of hydrogen-bond donors (Lipinski definition) is 2. The van der Waals surface area contributed by atoms with E-state index in [2.05, 4.69) is 39.4 Å². The Bertz CT molecular complexity index is 698. The summed E-state index contributed by atoms with van der Waals surface area (Å²) in [5.41, 5.74) is 7.47. The molecule has 1 amide bonds. The Morgan fingerprint density at radius 3 is 2.37 bits per heavy atom. The minimum atomic E-state index is 0.0381. The molecule has 3 N–H and O–H groups in total. The van der Waals surface area contributed by atoms with Crippen LogP contribution in [0.2, 0.25) is 0 Å². The monoisotopic (exact) mass is 368 g/mol. The van der Waals surface area contributed by atoms with Gasteiger partial charge in [0, 0.05) is 57.1 Å². The Morgan fingerprint density at radius 2 is 1.70 bits per heavy atom. The van der Waals surface area contributed by atoms with Gasteiger partial charge >= 0.3 is 0 Å². The van der Waals surface area contributed by atoms with Crippen LogP contribution in [0, 0.1) is 0 Å². The number of rotatable bonds is 8. The van der Waals surface area contributed by atoms with Gasteiger partial charge in [0.05, 0.1) is 0 Å². The summed E-state index contributed by atoms with van der Waals surface area (Å²) in [5.74, 6) is 0.797. The Morgan fingerprint density at radius 1 is 1.00 bits per heavy atom. The van der Waals surface area contributed by atoms with E-state index in [1.165, 1.54) is 5.69 Å². The first-order valence-electron chi connectivity index (χ1n) is 9.50. The summed E-state index contributed by atoms with van der Waals surface area (Å²) in [6.07, 6.45) is 0.497. The summed E-state index contributed by atoms with van der Waals surface area (Å²) in [5, 5.41) is 2.94. The third kappa shape index (κ3) is 5.98. The molecule has 3 rings (SSSR count). The normalized spacial score (nSPS) is 14.8. The molecular weight excluding hydrogens is 340 g/mol. The number of benzene rings is 2. The van der Waals surface area contributed by atoms with Crippen molar-refractivity contribution in [3.05, 3.63) is 54.6 Å². The molecule has 0 bridgehead atoms. The number of nitrogens with two attached hydrogens (primary N) is 1. The number of amides is 1. The molecule has 0 saturated carbocycles. The van der Waals surface area contributed by atoms with E-state index in [-0.39, 0.29) is 5.91 Å². The molecule has 1 heterocycles. The van der Waals surface area contributed by atoms with E-state index >= 15 is 0 Å². The van der Waals surface area contributed by atoms with Crippen LogP contribution in [0.3, 0.4) is 0 Å². The highest BCUT2D eigenvalue weighted by molar-refractivity contribution is 5.90. The number of hydrogen-bond acceptors (Lipinski definition) is 5. The topological polar surface area (TPSA) is 70.8 Å². The van der Waals surface area contributed by atoms with Gasteiger partial charge in [-0.25, -0.2) is 0 Å². The van der Waals surface area contributed by atoms with E-state index in [1.807, 2.05) is 30.3 Å². The lowest BCUT2D eigenvalue weighted by Crippen LogP contribution is -2.47. The molecule has 0 atom stereocenters. The second kappa shape index (κ2) is 9.94. The number of nitrogens with one attached hydrogen (secondary N) is 1. The van der Waals surface area contributed by atoms with Gasteiger partial charge < -0.3 is 20.7 Å². The quantitative estimate of drug-likeness (QED) is 0.747. The molecule has 0 unspecified atom stereocenters. The van der Waals surface area contributed by atoms with Gasteiger partial charge in [-0.2, -0.15) is 0 Å². The molecule has 0 aromatic heterocycles. The van der Waals surface area contributed by atoms with Crippen molar-refractivity contribution in [2.24, 2.45) is 5.73 Å². The number of carbonyl (C=O) groups is 1. The van der Waals surface area contributed by atoms with Crippen molar-refractivity contribution in [2.75, 3.05) is 56.1 Å². The predicted octanol–water partition coefficient (Wildman–Crippen LogP) is 2.17. The summed E-state index contributed by atoms with van der Waals surface area (Å²) in [7, 11) is 0. The molecule has 1 saturated heterocycles. The number of piperazine rings is 1. The van der Waals surface area contributed by atoms with Crippen LogP contribution in [-0.2, 0) is 4.79 Å². The van der Waals surface area contributed by atoms with Crippen LogP contribution < -0.4 is 20.7 Å². The fourth-order valence-corrected chi connectivity index (χ4v) is 3.16. The average molecular weight is 368 g/mol. The smallest absolute Gasteiger partial charge is 0.225 e. The zero-order valence-corrected chi connectivity index (χ0v) is 15.6. The second-order valence-corrected chi connectivity index (χ2v) is 6.62. The molecule has 1 fully saturated rings. The van der Waals surface area contributed by atoms with E-state index in [0.717, 1.165) is 44.2 Å². The van der Waals surface area contributed by atoms with Gasteiger partial charge in [-0.15, -0.1) is 0 Å². The lowest BCUT2D eigenvalue weighted by molar-refractivity contribution is -0.116. The van der Waals surface area contributed by atoms with Crippen molar-refractivity contribution < 1.29 is 9.53 Å². The van der Waals surface area contributed by atoms with E-state index in [9.17, 15) is 4.79 Å². The van der Waals surface area contributed by atoms with Crippen molar-refractivity contribution >= 4 is 17.3 Å². The molecule has 6 nitrogen and oxygen atoms in total. The first-order chi connectivity index (χ1) is 13.2. The van der Waals surface area contributed by atoms with Gasteiger partial charge in [-0.3, -0.25) is 9.69 Å². The maximum Gasteiger partial charge on any atom is 0.225 e. The van der Waals surface area contributed by atoms with Crippen molar-refractivity contribution in [3.63, 3.8) is 0 Å². The molecule has 1 aliphatic heterocycles. The van der Waals surface area contributed by atoms with Gasteiger partial charge in [0.15, 0.2) is 0 Å². The Kier molecular flexibility index (Phi) is 7.07. The van der Waals surface area contributed by atoms with Crippen LogP contribution in [0.4, 0.5) is 11.4 Å². The molecule has 144 valence electrons. The first-order valence-corrected chi connectivity index (χ1v) is 9.50. The molecule has 0 spiro atoms. The van der Waals surface area contributed by atoms with E-state index in [4.69, 9.17) is 10.5 Å². The van der Waals surface area contributed by atoms with Gasteiger partial charge in [-0.05, 0) is 36.4 Å². The summed E-state index contributed by atoms with van der Waals surface area (Å²) in [6, 6.07) is 17.9. The maximum atomic E-state index is 12.2. The van der Waals surface area contributed by atoms with Crippen molar-refractivity contribution in [1.82, 2.24) is 4.90 Å². The van der Waals surface area contributed by atoms with Gasteiger partial charge in [0.2, 0.25) is 5.91 Å². The lowest BCUT2D eigenvalue weighted by Gasteiger charge is -2.36. The SMILES string of the molecule is NCCOc1ccc(NC(=O)CCN2CCN(c3ccccc3)CC2)cc1. The third-order valence-electron chi connectivity index (χ3n) is 4.67. The van der Waals surface area contributed by atoms with Crippen molar-refractivity contribution in [1.29, 1.82) is 0 Å². The van der Waals surface area contributed by atoms with E-state index in [0.29, 0.717) is 19.6 Å². The second-order valence-electron chi connectivity index (χ2n) is 6.62. The molecule has 27 heavy (non-hydrogen) atoms. The standard InChI is InChI=1S/C21H28N4O2/c22-11-17-27-20-8-6-18(7-9-20)23-21(26)10-12-24-13-15-25(16-14-24)19-4-2-1-3-5-19/h1-9H,10-17,22H2,(H,23,26). The van der Waals surface area contributed by atoms with Crippen LogP contribution in [-0.4, -0.2) is 56.7 Å². The summed E-state index contributed by atoms with van der Waals surface area (Å²) in [6.45, 7) is 5.71. The van der Waals surface area contributed by atoms with E-state index < -0.39 is 0 Å². The number of ether oxygens (including phenoxy) is 1. The van der Waals surface area contributed by atoms with Crippen molar-refractivity contribution in [3.8, 4) is 5.75 Å². The highest BCUT2D eigenvalue weighted by Crippen LogP contribution is 2.17. The predicted molar refractivity (Wildman–Crippen MR) is 109 cm³/mol. The summed E-state index contributed by atoms with van der Waals surface area (Å²) in [4.78, 5) is 16.9. The summed E-state index contributed by atoms with van der Waals surface area (Å²) >= 11 is 0. The maximum absolute atomic E-state index is 12.2. The van der Waals surface area contributed by atoms with Gasteiger partial charge in [-0.1, -0.05) is 18.2 Å². The Labute approximate surface area is 160 Å². The number of nitrogens with zero attached hydrogens (tertiary/aromatic N) is 2. The van der Waals surface area contributed by atoms with Crippen molar-refractivity contribution in [2.45, 2.75) is 6.42 Å². The molecule has 1 aliphatic rings. The Balaban J connectivity index is 1.37. The molecule has 0 radical (unpaired) electrons. The summed E-state index contributed by atoms with van der Waals surface area (Å²) < 4.78 is 5.43. The molecule has 6 heteroatoms. The largest absolute Gasteiger partial charge is 0.492 e. The van der Waals surface area contributed by atoms with Crippen LogP contribution in [0.1, 0.15) is 6.42 Å². The minimum absolute atomic E-state index is 0.0381. The lowest BCUT2D eigenvalue weighted by atomic mass is 10.2. The van der Waals surface area contributed by atoms with Crippen LogP contribution in [0.5, 0.6) is 5.75 Å². The van der Waals surface area contributed by atoms with Crippen LogP contribution in [0.25, 0.3) is 0 Å². The first kappa shape index (κ1) is 19.2. The number of anilines is 2. The molecule has 0 aliphatic carbocycles. The zero-order valence-electron chi connectivity index (χ0n) is 15.6. The molecule has 2 aromatic carbocycles.